The van der Waals surface area contributed by atoms with Crippen molar-refractivity contribution in [3.63, 3.8) is 0 Å². The van der Waals surface area contributed by atoms with Crippen molar-refractivity contribution in [2.24, 2.45) is 0 Å². The van der Waals surface area contributed by atoms with Gasteiger partial charge in [-0.05, 0) is 46.3 Å². The number of hydrogen-bond donors (Lipinski definition) is 1. The van der Waals surface area contributed by atoms with Gasteiger partial charge < -0.3 is 4.74 Å². The average molecular weight is 335 g/mol. The van der Waals surface area contributed by atoms with Crippen LogP contribution in [0.25, 0.3) is 0 Å². The lowest BCUT2D eigenvalue weighted by atomic mass is 10.2. The van der Waals surface area contributed by atoms with E-state index in [1.807, 2.05) is 30.3 Å². The first-order valence-electron chi connectivity index (χ1n) is 6.05. The SMILES string of the molecule is COc1ccc(C(=O)NN(C)c2ccccc2)cc1Br. The molecule has 1 N–H and O–H groups in total. The summed E-state index contributed by atoms with van der Waals surface area (Å²) in [4.78, 5) is 12.2. The van der Waals surface area contributed by atoms with Gasteiger partial charge in [0.2, 0.25) is 0 Å². The van der Waals surface area contributed by atoms with Crippen molar-refractivity contribution in [1.29, 1.82) is 0 Å². The normalized spacial score (nSPS) is 9.95. The number of nitrogens with one attached hydrogen (secondary N) is 1. The lowest BCUT2D eigenvalue weighted by molar-refractivity contribution is 0.0951. The first kappa shape index (κ1) is 14.4. The summed E-state index contributed by atoms with van der Waals surface area (Å²) in [5.74, 6) is 0.512. The quantitative estimate of drug-likeness (QED) is 0.872. The Balaban J connectivity index is 2.10. The van der Waals surface area contributed by atoms with Gasteiger partial charge in [-0.25, -0.2) is 0 Å². The Morgan fingerprint density at radius 1 is 1.20 bits per heavy atom. The second-order valence-corrected chi connectivity index (χ2v) is 5.04. The highest BCUT2D eigenvalue weighted by atomic mass is 79.9. The van der Waals surface area contributed by atoms with Crippen LogP contribution >= 0.6 is 15.9 Å². The second-order valence-electron chi connectivity index (χ2n) is 4.18. The first-order chi connectivity index (χ1) is 9.61. The third kappa shape index (κ3) is 3.30. The van der Waals surface area contributed by atoms with Crippen molar-refractivity contribution in [3.8, 4) is 5.75 Å². The van der Waals surface area contributed by atoms with Crippen LogP contribution in [0, 0.1) is 0 Å². The molecule has 0 spiro atoms. The van der Waals surface area contributed by atoms with Crippen LogP contribution in [0.1, 0.15) is 10.4 Å². The lowest BCUT2D eigenvalue weighted by Gasteiger charge is -2.20. The number of nitrogens with zero attached hydrogens (tertiary/aromatic N) is 1. The Bertz CT molecular complexity index is 602. The molecule has 0 atom stereocenters. The average Bonchev–Trinajstić information content (AvgIpc) is 2.48. The molecule has 20 heavy (non-hydrogen) atoms. The molecule has 4 nitrogen and oxygen atoms in total. The van der Waals surface area contributed by atoms with Crippen molar-refractivity contribution in [3.05, 3.63) is 58.6 Å². The van der Waals surface area contributed by atoms with Crippen LogP contribution in [0.3, 0.4) is 0 Å². The van der Waals surface area contributed by atoms with Crippen LogP contribution in [0.15, 0.2) is 53.0 Å². The van der Waals surface area contributed by atoms with Crippen molar-refractivity contribution in [1.82, 2.24) is 5.43 Å². The number of carbonyl (C=O) groups is 1. The van der Waals surface area contributed by atoms with E-state index in [1.54, 1.807) is 37.4 Å². The molecule has 2 rings (SSSR count). The lowest BCUT2D eigenvalue weighted by Crippen LogP contribution is -2.39. The molecule has 104 valence electrons. The number of amides is 1. The second kappa shape index (κ2) is 6.43. The van der Waals surface area contributed by atoms with Gasteiger partial charge in [0.1, 0.15) is 5.75 Å². The Hall–Kier alpha value is -2.01. The van der Waals surface area contributed by atoms with E-state index in [9.17, 15) is 4.79 Å². The zero-order valence-corrected chi connectivity index (χ0v) is 12.8. The number of rotatable bonds is 4. The van der Waals surface area contributed by atoms with Gasteiger partial charge >= 0.3 is 0 Å². The van der Waals surface area contributed by atoms with E-state index in [-0.39, 0.29) is 5.91 Å². The molecule has 0 bridgehead atoms. The minimum Gasteiger partial charge on any atom is -0.496 e. The van der Waals surface area contributed by atoms with Crippen LogP contribution in [0.4, 0.5) is 5.69 Å². The summed E-state index contributed by atoms with van der Waals surface area (Å²) in [5.41, 5.74) is 4.28. The molecule has 0 aliphatic rings. The number of halogens is 1. The summed E-state index contributed by atoms with van der Waals surface area (Å²) in [6, 6.07) is 14.8. The van der Waals surface area contributed by atoms with Crippen molar-refractivity contribution in [2.45, 2.75) is 0 Å². The Morgan fingerprint density at radius 2 is 1.90 bits per heavy atom. The fourth-order valence-corrected chi connectivity index (χ4v) is 2.28. The first-order valence-corrected chi connectivity index (χ1v) is 6.84. The monoisotopic (exact) mass is 334 g/mol. The smallest absolute Gasteiger partial charge is 0.269 e. The third-order valence-corrected chi connectivity index (χ3v) is 3.45. The molecular formula is C15H15BrN2O2. The largest absolute Gasteiger partial charge is 0.496 e. The van der Waals surface area contributed by atoms with E-state index < -0.39 is 0 Å². The van der Waals surface area contributed by atoms with E-state index in [0.29, 0.717) is 11.3 Å². The molecule has 0 unspecified atom stereocenters. The van der Waals surface area contributed by atoms with Gasteiger partial charge in [-0.1, -0.05) is 18.2 Å². The number of methoxy groups -OCH3 is 1. The summed E-state index contributed by atoms with van der Waals surface area (Å²) in [6.45, 7) is 0. The maximum Gasteiger partial charge on any atom is 0.269 e. The predicted octanol–water partition coefficient (Wildman–Crippen LogP) is 3.24. The molecule has 0 saturated carbocycles. The van der Waals surface area contributed by atoms with E-state index in [0.717, 1.165) is 10.2 Å². The fraction of sp³-hybridized carbons (Fsp3) is 0.133. The molecule has 0 saturated heterocycles. The molecule has 1 amide bonds. The van der Waals surface area contributed by atoms with Gasteiger partial charge in [0.05, 0.1) is 17.3 Å². The third-order valence-electron chi connectivity index (χ3n) is 2.83. The Kier molecular flexibility index (Phi) is 4.63. The van der Waals surface area contributed by atoms with Gasteiger partial charge in [-0.2, -0.15) is 0 Å². The maximum absolute atomic E-state index is 12.2. The number of carbonyl (C=O) groups excluding carboxylic acids is 1. The fourth-order valence-electron chi connectivity index (χ4n) is 1.74. The number of ether oxygens (including phenoxy) is 1. The number of anilines is 1. The zero-order valence-electron chi connectivity index (χ0n) is 11.3. The topological polar surface area (TPSA) is 41.6 Å². The van der Waals surface area contributed by atoms with E-state index in [2.05, 4.69) is 21.4 Å². The molecule has 0 aliphatic carbocycles. The number of hydrogen-bond acceptors (Lipinski definition) is 3. The summed E-state index contributed by atoms with van der Waals surface area (Å²) < 4.78 is 5.89. The molecule has 0 aliphatic heterocycles. The van der Waals surface area contributed by atoms with E-state index >= 15 is 0 Å². The maximum atomic E-state index is 12.2. The Morgan fingerprint density at radius 3 is 2.50 bits per heavy atom. The number of benzene rings is 2. The summed E-state index contributed by atoms with van der Waals surface area (Å²) >= 11 is 3.37. The summed E-state index contributed by atoms with van der Waals surface area (Å²) in [5, 5.41) is 1.68. The minimum atomic E-state index is -0.181. The van der Waals surface area contributed by atoms with Gasteiger partial charge in [-0.3, -0.25) is 15.2 Å². The molecule has 0 fully saturated rings. The highest BCUT2D eigenvalue weighted by molar-refractivity contribution is 9.10. The van der Waals surface area contributed by atoms with E-state index in [1.165, 1.54) is 0 Å². The van der Waals surface area contributed by atoms with Crippen LogP contribution in [-0.2, 0) is 0 Å². The molecule has 0 radical (unpaired) electrons. The number of hydrazine groups is 1. The predicted molar refractivity (Wildman–Crippen MR) is 83.0 cm³/mol. The summed E-state index contributed by atoms with van der Waals surface area (Å²) in [6.07, 6.45) is 0. The van der Waals surface area contributed by atoms with Gasteiger partial charge in [0.25, 0.3) is 5.91 Å². The molecule has 0 aromatic heterocycles. The van der Waals surface area contributed by atoms with Gasteiger partial charge in [0.15, 0.2) is 0 Å². The van der Waals surface area contributed by atoms with Crippen LogP contribution in [0.2, 0.25) is 0 Å². The number of para-hydroxylation sites is 1. The Labute approximate surface area is 126 Å². The van der Waals surface area contributed by atoms with Crippen LogP contribution in [0.5, 0.6) is 5.75 Å². The molecule has 2 aromatic carbocycles. The highest BCUT2D eigenvalue weighted by Crippen LogP contribution is 2.25. The van der Waals surface area contributed by atoms with Crippen molar-refractivity contribution in [2.75, 3.05) is 19.2 Å². The van der Waals surface area contributed by atoms with Crippen LogP contribution < -0.4 is 15.2 Å². The molecule has 2 aromatic rings. The molecular weight excluding hydrogens is 320 g/mol. The highest BCUT2D eigenvalue weighted by Gasteiger charge is 2.10. The standard InChI is InChI=1S/C15H15BrN2O2/c1-18(12-6-4-3-5-7-12)17-15(19)11-8-9-14(20-2)13(16)10-11/h3-10H,1-2H3,(H,17,19). The molecule has 5 heteroatoms. The van der Waals surface area contributed by atoms with Gasteiger partial charge in [0, 0.05) is 12.6 Å². The van der Waals surface area contributed by atoms with Crippen LogP contribution in [-0.4, -0.2) is 20.1 Å². The van der Waals surface area contributed by atoms with E-state index in [4.69, 9.17) is 4.74 Å². The van der Waals surface area contributed by atoms with Crippen molar-refractivity contribution >= 4 is 27.5 Å². The van der Waals surface area contributed by atoms with Crippen molar-refractivity contribution < 1.29 is 9.53 Å². The molecule has 0 heterocycles. The zero-order chi connectivity index (χ0) is 14.5. The van der Waals surface area contributed by atoms with Gasteiger partial charge in [-0.15, -0.1) is 0 Å². The summed E-state index contributed by atoms with van der Waals surface area (Å²) in [7, 11) is 3.38. The minimum absolute atomic E-state index is 0.181.